The van der Waals surface area contributed by atoms with Crippen LogP contribution in [0.3, 0.4) is 0 Å². The topological polar surface area (TPSA) is 63.3 Å². The van der Waals surface area contributed by atoms with E-state index < -0.39 is 0 Å². The molecule has 0 heterocycles. The third-order valence-electron chi connectivity index (χ3n) is 0.581. The monoisotopic (exact) mass is 103 g/mol. The fourth-order valence-electron chi connectivity index (χ4n) is 0.253. The summed E-state index contributed by atoms with van der Waals surface area (Å²) in [5.74, 6) is -0.353. The minimum Gasteiger partial charge on any atom is -0.396 e. The van der Waals surface area contributed by atoms with Crippen molar-refractivity contribution in [2.45, 2.75) is 12.8 Å². The Kier molecular flexibility index (Phi) is 3.32. The number of hydrogen-bond acceptors (Lipinski definition) is 2. The van der Waals surface area contributed by atoms with Crippen molar-refractivity contribution >= 4 is 5.91 Å². The number of aliphatic hydroxyl groups excluding tert-OH is 1. The van der Waals surface area contributed by atoms with Crippen LogP contribution in [-0.4, -0.2) is 17.6 Å². The SMILES string of the molecule is NC(=O)CCCO. The van der Waals surface area contributed by atoms with Crippen molar-refractivity contribution < 1.29 is 9.90 Å². The molecule has 3 heteroatoms. The first-order valence-electron chi connectivity index (χ1n) is 2.16. The van der Waals surface area contributed by atoms with Crippen molar-refractivity contribution in [1.82, 2.24) is 0 Å². The number of nitrogens with two attached hydrogens (primary N) is 1. The molecule has 0 bridgehead atoms. The van der Waals surface area contributed by atoms with E-state index in [9.17, 15) is 4.79 Å². The Morgan fingerprint density at radius 1 is 1.71 bits per heavy atom. The highest BCUT2D eigenvalue weighted by molar-refractivity contribution is 5.73. The molecule has 0 unspecified atom stereocenters. The number of rotatable bonds is 3. The number of amides is 1. The maximum Gasteiger partial charge on any atom is 0.217 e. The Balaban J connectivity index is 2.82. The van der Waals surface area contributed by atoms with Crippen LogP contribution in [0.1, 0.15) is 12.8 Å². The second-order valence-corrected chi connectivity index (χ2v) is 1.29. The highest BCUT2D eigenvalue weighted by atomic mass is 16.3. The average Bonchev–Trinajstić information content (AvgIpc) is 1.61. The van der Waals surface area contributed by atoms with Gasteiger partial charge >= 0.3 is 0 Å². The molecule has 0 radical (unpaired) electrons. The molecule has 0 spiro atoms. The molecule has 0 aromatic heterocycles. The van der Waals surface area contributed by atoms with Gasteiger partial charge in [-0.2, -0.15) is 0 Å². The first kappa shape index (κ1) is 6.43. The van der Waals surface area contributed by atoms with Crippen molar-refractivity contribution in [2.24, 2.45) is 5.73 Å². The molecule has 0 aliphatic rings. The summed E-state index contributed by atoms with van der Waals surface area (Å²) in [4.78, 5) is 9.87. The van der Waals surface area contributed by atoms with Crippen molar-refractivity contribution in [3.63, 3.8) is 0 Å². The van der Waals surface area contributed by atoms with Gasteiger partial charge in [0.25, 0.3) is 0 Å². The largest absolute Gasteiger partial charge is 0.396 e. The highest BCUT2D eigenvalue weighted by Crippen LogP contribution is 1.81. The fraction of sp³-hybridized carbons (Fsp3) is 0.750. The number of primary amides is 1. The van der Waals surface area contributed by atoms with E-state index in [0.717, 1.165) is 0 Å². The third kappa shape index (κ3) is 5.43. The lowest BCUT2D eigenvalue weighted by Crippen LogP contribution is -2.10. The van der Waals surface area contributed by atoms with Gasteiger partial charge in [-0.25, -0.2) is 0 Å². The molecule has 0 aliphatic carbocycles. The van der Waals surface area contributed by atoms with E-state index in [1.165, 1.54) is 0 Å². The molecule has 0 saturated carbocycles. The lowest BCUT2D eigenvalue weighted by molar-refractivity contribution is -0.118. The van der Waals surface area contributed by atoms with E-state index in [-0.39, 0.29) is 18.9 Å². The lowest BCUT2D eigenvalue weighted by atomic mass is 10.3. The molecule has 42 valence electrons. The van der Waals surface area contributed by atoms with Crippen LogP contribution in [0.15, 0.2) is 0 Å². The molecule has 0 fully saturated rings. The van der Waals surface area contributed by atoms with Crippen LogP contribution >= 0.6 is 0 Å². The summed E-state index contributed by atoms with van der Waals surface area (Å²) in [5, 5.41) is 8.11. The summed E-state index contributed by atoms with van der Waals surface area (Å²) in [5.41, 5.74) is 4.73. The summed E-state index contributed by atoms with van der Waals surface area (Å²) in [7, 11) is 0. The summed E-state index contributed by atoms with van der Waals surface area (Å²) < 4.78 is 0. The molecule has 0 aromatic rings. The lowest BCUT2D eigenvalue weighted by Gasteiger charge is -1.86. The first-order chi connectivity index (χ1) is 3.27. The predicted octanol–water partition coefficient (Wildman–Crippen LogP) is -0.756. The van der Waals surface area contributed by atoms with Crippen LogP contribution in [0.5, 0.6) is 0 Å². The summed E-state index contributed by atoms with van der Waals surface area (Å²) in [6, 6.07) is 0. The number of carbonyl (C=O) groups is 1. The molecule has 0 aromatic carbocycles. The molecular formula is C4H9NO2. The van der Waals surface area contributed by atoms with Gasteiger partial charge in [0.15, 0.2) is 0 Å². The predicted molar refractivity (Wildman–Crippen MR) is 25.5 cm³/mol. The summed E-state index contributed by atoms with van der Waals surface area (Å²) in [6.45, 7) is 0.0446. The second kappa shape index (κ2) is 3.61. The van der Waals surface area contributed by atoms with Crippen LogP contribution in [0, 0.1) is 0 Å². The van der Waals surface area contributed by atoms with Crippen LogP contribution in [0.4, 0.5) is 0 Å². The summed E-state index contributed by atoms with van der Waals surface area (Å²) >= 11 is 0. The Morgan fingerprint density at radius 3 is 2.43 bits per heavy atom. The first-order valence-corrected chi connectivity index (χ1v) is 2.16. The molecule has 3 nitrogen and oxygen atoms in total. The van der Waals surface area contributed by atoms with Gasteiger partial charge in [0.2, 0.25) is 5.91 Å². The quantitative estimate of drug-likeness (QED) is 0.493. The molecule has 0 aliphatic heterocycles. The number of carbonyl (C=O) groups excluding carboxylic acids is 1. The smallest absolute Gasteiger partial charge is 0.217 e. The van der Waals surface area contributed by atoms with Crippen molar-refractivity contribution in [1.29, 1.82) is 0 Å². The highest BCUT2D eigenvalue weighted by Gasteiger charge is 1.88. The molecule has 0 saturated heterocycles. The van der Waals surface area contributed by atoms with Gasteiger partial charge in [-0.15, -0.1) is 0 Å². The van der Waals surface area contributed by atoms with Crippen LogP contribution in [0.25, 0.3) is 0 Å². The molecular weight excluding hydrogens is 94.0 g/mol. The second-order valence-electron chi connectivity index (χ2n) is 1.29. The van der Waals surface area contributed by atoms with E-state index in [1.54, 1.807) is 0 Å². The van der Waals surface area contributed by atoms with E-state index in [4.69, 9.17) is 10.8 Å². The van der Waals surface area contributed by atoms with Crippen molar-refractivity contribution in [2.75, 3.05) is 6.61 Å². The van der Waals surface area contributed by atoms with Crippen molar-refractivity contribution in [3.05, 3.63) is 0 Å². The van der Waals surface area contributed by atoms with Gasteiger partial charge in [0, 0.05) is 13.0 Å². The molecule has 7 heavy (non-hydrogen) atoms. The van der Waals surface area contributed by atoms with Crippen molar-refractivity contribution in [3.8, 4) is 0 Å². The minimum atomic E-state index is -0.353. The van der Waals surface area contributed by atoms with Gasteiger partial charge in [-0.05, 0) is 6.42 Å². The van der Waals surface area contributed by atoms with E-state index in [1.807, 2.05) is 0 Å². The van der Waals surface area contributed by atoms with E-state index in [0.29, 0.717) is 6.42 Å². The maximum absolute atomic E-state index is 9.87. The molecule has 0 rings (SSSR count). The molecule has 0 atom stereocenters. The average molecular weight is 103 g/mol. The summed E-state index contributed by atoms with van der Waals surface area (Å²) in [6.07, 6.45) is 0.770. The Morgan fingerprint density at radius 2 is 2.29 bits per heavy atom. The zero-order valence-corrected chi connectivity index (χ0v) is 4.05. The van der Waals surface area contributed by atoms with Crippen LogP contribution in [-0.2, 0) is 4.79 Å². The normalized spacial score (nSPS) is 8.71. The van der Waals surface area contributed by atoms with Gasteiger partial charge in [-0.1, -0.05) is 0 Å². The van der Waals surface area contributed by atoms with Crippen LogP contribution in [0.2, 0.25) is 0 Å². The van der Waals surface area contributed by atoms with Gasteiger partial charge in [-0.3, -0.25) is 4.79 Å². The maximum atomic E-state index is 9.87. The minimum absolute atomic E-state index is 0.0446. The fourth-order valence-corrected chi connectivity index (χ4v) is 0.253. The zero-order valence-electron chi connectivity index (χ0n) is 4.05. The van der Waals surface area contributed by atoms with E-state index in [2.05, 4.69) is 0 Å². The number of aliphatic hydroxyl groups is 1. The third-order valence-corrected chi connectivity index (χ3v) is 0.581. The van der Waals surface area contributed by atoms with Gasteiger partial charge < -0.3 is 10.8 Å². The van der Waals surface area contributed by atoms with Gasteiger partial charge in [0.05, 0.1) is 0 Å². The Labute approximate surface area is 42.1 Å². The zero-order chi connectivity index (χ0) is 5.70. The molecule has 3 N–H and O–H groups in total. The standard InChI is InChI=1S/C4H9NO2/c5-4(7)2-1-3-6/h6H,1-3H2,(H2,5,7). The Bertz CT molecular complexity index is 62.7. The van der Waals surface area contributed by atoms with E-state index >= 15 is 0 Å². The Hall–Kier alpha value is -0.570. The van der Waals surface area contributed by atoms with Gasteiger partial charge in [0.1, 0.15) is 0 Å². The van der Waals surface area contributed by atoms with Crippen LogP contribution < -0.4 is 5.73 Å². The molecule has 1 amide bonds. The number of hydrogen-bond donors (Lipinski definition) is 2.